The summed E-state index contributed by atoms with van der Waals surface area (Å²) < 4.78 is 38.3. The van der Waals surface area contributed by atoms with Gasteiger partial charge in [-0.1, -0.05) is 0 Å². The first kappa shape index (κ1) is 15.2. The number of rotatable bonds is 2. The van der Waals surface area contributed by atoms with E-state index in [1.54, 1.807) is 5.38 Å². The molecule has 0 aliphatic heterocycles. The average Bonchev–Trinajstić information content (AvgIpc) is 2.99. The molecule has 3 aromatic rings. The Bertz CT molecular complexity index is 879. The Kier molecular flexibility index (Phi) is 3.64. The molecule has 0 unspecified atom stereocenters. The van der Waals surface area contributed by atoms with E-state index < -0.39 is 23.4 Å². The summed E-state index contributed by atoms with van der Waals surface area (Å²) >= 11 is 1.17. The molecule has 0 aliphatic rings. The Hall–Kier alpha value is -2.68. The third kappa shape index (κ3) is 2.95. The molecule has 23 heavy (non-hydrogen) atoms. The molecule has 3 rings (SSSR count). The van der Waals surface area contributed by atoms with Crippen LogP contribution >= 0.6 is 11.3 Å². The number of fused-ring (bicyclic) bond motifs is 1. The second-order valence-electron chi connectivity index (χ2n) is 4.54. The molecule has 0 fully saturated rings. The number of halogens is 3. The van der Waals surface area contributed by atoms with E-state index in [9.17, 15) is 23.1 Å². The van der Waals surface area contributed by atoms with Crippen LogP contribution in [0.5, 0.6) is 5.75 Å². The Morgan fingerprint density at radius 3 is 2.70 bits per heavy atom. The van der Waals surface area contributed by atoms with Gasteiger partial charge in [0, 0.05) is 23.2 Å². The molecule has 0 saturated heterocycles. The molecule has 2 aromatic heterocycles. The zero-order valence-electron chi connectivity index (χ0n) is 11.3. The summed E-state index contributed by atoms with van der Waals surface area (Å²) in [5.74, 6) is -1.26. The molecule has 9 heteroatoms. The van der Waals surface area contributed by atoms with Gasteiger partial charge in [-0.25, -0.2) is 4.98 Å². The van der Waals surface area contributed by atoms with E-state index in [1.807, 2.05) is 0 Å². The molecular formula is C14H8F3N3O2S. The Morgan fingerprint density at radius 1 is 1.26 bits per heavy atom. The molecule has 0 saturated carbocycles. The minimum atomic E-state index is -4.56. The van der Waals surface area contributed by atoms with E-state index in [-0.39, 0.29) is 16.5 Å². The maximum atomic E-state index is 12.8. The predicted octanol–water partition coefficient (Wildman–Crippen LogP) is 3.67. The number of thiazole rings is 1. The van der Waals surface area contributed by atoms with E-state index in [0.29, 0.717) is 5.13 Å². The van der Waals surface area contributed by atoms with E-state index in [4.69, 9.17) is 0 Å². The number of aromatic nitrogens is 2. The van der Waals surface area contributed by atoms with Crippen LogP contribution in [0.3, 0.4) is 0 Å². The SMILES string of the molecule is O=C(Nc1nccs1)c1cnc2ccc(C(F)(F)F)cc2c1O. The normalized spacial score (nSPS) is 11.6. The number of hydrogen-bond donors (Lipinski definition) is 2. The van der Waals surface area contributed by atoms with E-state index in [2.05, 4.69) is 15.3 Å². The van der Waals surface area contributed by atoms with Crippen LogP contribution in [0.2, 0.25) is 0 Å². The average molecular weight is 339 g/mol. The summed E-state index contributed by atoms with van der Waals surface area (Å²) in [7, 11) is 0. The summed E-state index contributed by atoms with van der Waals surface area (Å²) in [5, 5.41) is 14.4. The first-order valence-electron chi connectivity index (χ1n) is 6.26. The van der Waals surface area contributed by atoms with Crippen molar-refractivity contribution in [2.24, 2.45) is 0 Å². The highest BCUT2D eigenvalue weighted by molar-refractivity contribution is 7.13. The maximum absolute atomic E-state index is 12.8. The molecule has 2 heterocycles. The number of aromatic hydroxyl groups is 1. The van der Waals surface area contributed by atoms with Crippen molar-refractivity contribution >= 4 is 33.3 Å². The van der Waals surface area contributed by atoms with Crippen molar-refractivity contribution in [2.45, 2.75) is 6.18 Å². The minimum absolute atomic E-state index is 0.147. The van der Waals surface area contributed by atoms with Crippen molar-refractivity contribution in [1.82, 2.24) is 9.97 Å². The lowest BCUT2D eigenvalue weighted by Gasteiger charge is -2.10. The van der Waals surface area contributed by atoms with Gasteiger partial charge in [0.2, 0.25) is 0 Å². The lowest BCUT2D eigenvalue weighted by atomic mass is 10.1. The third-order valence-electron chi connectivity index (χ3n) is 3.06. The molecule has 0 spiro atoms. The van der Waals surface area contributed by atoms with Crippen LogP contribution < -0.4 is 5.32 Å². The van der Waals surface area contributed by atoms with Gasteiger partial charge in [-0.2, -0.15) is 13.2 Å². The van der Waals surface area contributed by atoms with Gasteiger partial charge < -0.3 is 5.11 Å². The zero-order chi connectivity index (χ0) is 16.6. The molecule has 0 bridgehead atoms. The fraction of sp³-hybridized carbons (Fsp3) is 0.0714. The second-order valence-corrected chi connectivity index (χ2v) is 5.44. The zero-order valence-corrected chi connectivity index (χ0v) is 12.1. The Labute approximate surface area is 131 Å². The number of benzene rings is 1. The van der Waals surface area contributed by atoms with E-state index in [0.717, 1.165) is 24.4 Å². The first-order valence-corrected chi connectivity index (χ1v) is 7.14. The smallest absolute Gasteiger partial charge is 0.416 e. The maximum Gasteiger partial charge on any atom is 0.416 e. The molecule has 1 amide bonds. The predicted molar refractivity (Wildman–Crippen MR) is 78.5 cm³/mol. The van der Waals surface area contributed by atoms with E-state index >= 15 is 0 Å². The number of amides is 1. The molecule has 0 aliphatic carbocycles. The largest absolute Gasteiger partial charge is 0.506 e. The number of hydrogen-bond acceptors (Lipinski definition) is 5. The van der Waals surface area contributed by atoms with Gasteiger partial charge >= 0.3 is 6.18 Å². The van der Waals surface area contributed by atoms with Gasteiger partial charge in [-0.3, -0.25) is 15.1 Å². The number of carbonyl (C=O) groups excluding carboxylic acids is 1. The van der Waals surface area contributed by atoms with E-state index in [1.165, 1.54) is 17.5 Å². The van der Waals surface area contributed by atoms with Crippen LogP contribution in [0.1, 0.15) is 15.9 Å². The van der Waals surface area contributed by atoms with Crippen LogP contribution in [0.25, 0.3) is 10.9 Å². The second kappa shape index (κ2) is 5.51. The quantitative estimate of drug-likeness (QED) is 0.747. The van der Waals surface area contributed by atoms with Crippen molar-refractivity contribution < 1.29 is 23.1 Å². The third-order valence-corrected chi connectivity index (χ3v) is 3.75. The lowest BCUT2D eigenvalue weighted by molar-refractivity contribution is -0.137. The number of anilines is 1. The van der Waals surface area contributed by atoms with Crippen molar-refractivity contribution in [3.63, 3.8) is 0 Å². The highest BCUT2D eigenvalue weighted by atomic mass is 32.1. The summed E-state index contributed by atoms with van der Waals surface area (Å²) in [6, 6.07) is 2.77. The van der Waals surface area contributed by atoms with Gasteiger partial charge in [0.1, 0.15) is 11.3 Å². The summed E-state index contributed by atoms with van der Waals surface area (Å²) in [5.41, 5.74) is -1.01. The number of alkyl halides is 3. The minimum Gasteiger partial charge on any atom is -0.506 e. The van der Waals surface area contributed by atoms with Gasteiger partial charge in [-0.15, -0.1) is 11.3 Å². The van der Waals surface area contributed by atoms with Gasteiger partial charge in [0.15, 0.2) is 5.13 Å². The molecule has 5 nitrogen and oxygen atoms in total. The molecule has 1 aromatic carbocycles. The number of nitrogens with one attached hydrogen (secondary N) is 1. The number of nitrogens with zero attached hydrogens (tertiary/aromatic N) is 2. The fourth-order valence-corrected chi connectivity index (χ4v) is 2.49. The van der Waals surface area contributed by atoms with Crippen LogP contribution in [0, 0.1) is 0 Å². The highest BCUT2D eigenvalue weighted by Crippen LogP contribution is 2.34. The Morgan fingerprint density at radius 2 is 2.04 bits per heavy atom. The topological polar surface area (TPSA) is 75.1 Å². The highest BCUT2D eigenvalue weighted by Gasteiger charge is 2.31. The number of carbonyl (C=O) groups is 1. The first-order chi connectivity index (χ1) is 10.9. The monoisotopic (exact) mass is 339 g/mol. The van der Waals surface area contributed by atoms with Crippen molar-refractivity contribution in [1.29, 1.82) is 0 Å². The van der Waals surface area contributed by atoms with Gasteiger partial charge in [0.05, 0.1) is 11.1 Å². The van der Waals surface area contributed by atoms with Crippen molar-refractivity contribution in [3.05, 3.63) is 47.1 Å². The molecule has 0 atom stereocenters. The van der Waals surface area contributed by atoms with Gasteiger partial charge in [-0.05, 0) is 18.2 Å². The van der Waals surface area contributed by atoms with Crippen LogP contribution in [-0.4, -0.2) is 21.0 Å². The lowest BCUT2D eigenvalue weighted by Crippen LogP contribution is -2.12. The van der Waals surface area contributed by atoms with Crippen LogP contribution in [0.4, 0.5) is 18.3 Å². The van der Waals surface area contributed by atoms with Crippen LogP contribution in [-0.2, 0) is 6.18 Å². The molecule has 2 N–H and O–H groups in total. The van der Waals surface area contributed by atoms with Crippen LogP contribution in [0.15, 0.2) is 36.0 Å². The summed E-state index contributed by atoms with van der Waals surface area (Å²) in [6.07, 6.45) is -1.97. The van der Waals surface area contributed by atoms with Gasteiger partial charge in [0.25, 0.3) is 5.91 Å². The molecule has 0 radical (unpaired) electrons. The Balaban J connectivity index is 2.05. The van der Waals surface area contributed by atoms with Crippen molar-refractivity contribution in [3.8, 4) is 5.75 Å². The molecule has 118 valence electrons. The number of pyridine rings is 1. The molecular weight excluding hydrogens is 331 g/mol. The fourth-order valence-electron chi connectivity index (χ4n) is 1.97. The summed E-state index contributed by atoms with van der Waals surface area (Å²) in [6.45, 7) is 0. The summed E-state index contributed by atoms with van der Waals surface area (Å²) in [4.78, 5) is 19.9. The standard InChI is InChI=1S/C14H8F3N3O2S/c15-14(16,17)7-1-2-10-8(5-7)11(21)9(6-19-10)12(22)20-13-18-3-4-23-13/h1-6H,(H,19,21)(H,18,20,22). The van der Waals surface area contributed by atoms with Crippen molar-refractivity contribution in [2.75, 3.05) is 5.32 Å².